The number of carbonyl (C=O) groups excluding carboxylic acids is 2. The Kier molecular flexibility index (Phi) is 5.07. The van der Waals surface area contributed by atoms with Gasteiger partial charge in [0.25, 0.3) is 0 Å². The summed E-state index contributed by atoms with van der Waals surface area (Å²) >= 11 is 5.31. The Bertz CT molecular complexity index is 317. The van der Waals surface area contributed by atoms with Crippen LogP contribution in [-0.2, 0) is 9.47 Å². The predicted octanol–water partition coefficient (Wildman–Crippen LogP) is 1.92. The van der Waals surface area contributed by atoms with Crippen LogP contribution in [0.2, 0.25) is 0 Å². The lowest BCUT2D eigenvalue weighted by molar-refractivity contribution is 0.0504. The third kappa shape index (κ3) is 5.00. The van der Waals surface area contributed by atoms with Gasteiger partial charge in [0, 0.05) is 13.1 Å². The van der Waals surface area contributed by atoms with Crippen LogP contribution in [-0.4, -0.2) is 47.9 Å². The molecule has 1 fully saturated rings. The van der Waals surface area contributed by atoms with Crippen LogP contribution in [0.4, 0.5) is 9.59 Å². The van der Waals surface area contributed by atoms with Gasteiger partial charge in [-0.3, -0.25) is 0 Å². The maximum Gasteiger partial charge on any atom is 0.411 e. The molecule has 7 heteroatoms. The number of rotatable bonds is 2. The number of likely N-dealkylation sites (tertiary alicyclic amines) is 1. The summed E-state index contributed by atoms with van der Waals surface area (Å²) in [6.45, 7) is 6.34. The van der Waals surface area contributed by atoms with Crippen LogP contribution in [0, 0.1) is 0 Å². The molecule has 0 aromatic carbocycles. The van der Waals surface area contributed by atoms with Crippen molar-refractivity contribution >= 4 is 23.8 Å². The van der Waals surface area contributed by atoms with Gasteiger partial charge in [-0.25, -0.2) is 9.59 Å². The molecule has 18 heavy (non-hydrogen) atoms. The molecule has 1 N–H and O–H groups in total. The molecular formula is C11H19ClN2O4. The smallest absolute Gasteiger partial charge is 0.411 e. The van der Waals surface area contributed by atoms with Gasteiger partial charge in [0.05, 0.1) is 6.04 Å². The molecule has 2 amide bonds. The molecular weight excluding hydrogens is 260 g/mol. The number of carbonyl (C=O) groups is 2. The zero-order chi connectivity index (χ0) is 13.8. The van der Waals surface area contributed by atoms with Crippen LogP contribution >= 0.6 is 11.6 Å². The molecule has 1 heterocycles. The number of alkyl carbamates (subject to hydrolysis) is 1. The van der Waals surface area contributed by atoms with E-state index in [0.717, 1.165) is 0 Å². The summed E-state index contributed by atoms with van der Waals surface area (Å²) in [4.78, 5) is 24.4. The van der Waals surface area contributed by atoms with Gasteiger partial charge in [0.1, 0.15) is 5.60 Å². The Morgan fingerprint density at radius 1 is 1.44 bits per heavy atom. The third-order valence-electron chi connectivity index (χ3n) is 2.35. The van der Waals surface area contributed by atoms with Crippen molar-refractivity contribution in [3.63, 3.8) is 0 Å². The highest BCUT2D eigenvalue weighted by atomic mass is 35.5. The van der Waals surface area contributed by atoms with Gasteiger partial charge in [-0.05, 0) is 27.2 Å². The SMILES string of the molecule is CC(C)(C)OC(=O)N[C@@H]1CCN(C(=O)OCCl)C1. The molecule has 1 saturated heterocycles. The van der Waals surface area contributed by atoms with E-state index in [2.05, 4.69) is 10.1 Å². The fourth-order valence-electron chi connectivity index (χ4n) is 1.66. The van der Waals surface area contributed by atoms with Gasteiger partial charge in [-0.15, -0.1) is 0 Å². The Morgan fingerprint density at radius 3 is 2.67 bits per heavy atom. The number of hydrogen-bond acceptors (Lipinski definition) is 4. The minimum atomic E-state index is -0.528. The third-order valence-corrected chi connectivity index (χ3v) is 2.45. The van der Waals surface area contributed by atoms with Crippen LogP contribution in [0.1, 0.15) is 27.2 Å². The second-order valence-corrected chi connectivity index (χ2v) is 5.32. The van der Waals surface area contributed by atoms with Crippen LogP contribution in [0.15, 0.2) is 0 Å². The summed E-state index contributed by atoms with van der Waals surface area (Å²) in [5, 5.41) is 2.72. The minimum absolute atomic E-state index is 0.109. The molecule has 1 atom stereocenters. The monoisotopic (exact) mass is 278 g/mol. The molecule has 0 saturated carbocycles. The summed E-state index contributed by atoms with van der Waals surface area (Å²) < 4.78 is 9.81. The second-order valence-electron chi connectivity index (χ2n) is 5.10. The molecule has 0 unspecified atom stereocenters. The topological polar surface area (TPSA) is 67.9 Å². The van der Waals surface area contributed by atoms with Gasteiger partial charge in [-0.2, -0.15) is 0 Å². The van der Waals surface area contributed by atoms with Crippen LogP contribution in [0.25, 0.3) is 0 Å². The van der Waals surface area contributed by atoms with Gasteiger partial charge in [0.15, 0.2) is 6.07 Å². The second kappa shape index (κ2) is 6.13. The van der Waals surface area contributed by atoms with Crippen molar-refractivity contribution in [2.45, 2.75) is 38.8 Å². The first kappa shape index (κ1) is 14.9. The van der Waals surface area contributed by atoms with Gasteiger partial charge in [0.2, 0.25) is 0 Å². The Morgan fingerprint density at radius 2 is 2.11 bits per heavy atom. The van der Waals surface area contributed by atoms with E-state index in [-0.39, 0.29) is 12.1 Å². The lowest BCUT2D eigenvalue weighted by Gasteiger charge is -2.21. The maximum absolute atomic E-state index is 11.5. The fourth-order valence-corrected chi connectivity index (χ4v) is 1.75. The number of alkyl halides is 1. The van der Waals surface area contributed by atoms with Crippen molar-refractivity contribution < 1.29 is 19.1 Å². The molecule has 1 aliphatic heterocycles. The standard InChI is InChI=1S/C11H19ClN2O4/c1-11(2,3)18-9(15)13-8-4-5-14(6-8)10(16)17-7-12/h8H,4-7H2,1-3H3,(H,13,15)/t8-/m1/s1. The summed E-state index contributed by atoms with van der Waals surface area (Å²) in [6.07, 6.45) is -0.255. The van der Waals surface area contributed by atoms with Crippen LogP contribution in [0.3, 0.4) is 0 Å². The van der Waals surface area contributed by atoms with Crippen molar-refractivity contribution in [1.29, 1.82) is 0 Å². The van der Waals surface area contributed by atoms with Crippen molar-refractivity contribution in [2.75, 3.05) is 19.2 Å². The molecule has 1 aliphatic rings. The Balaban J connectivity index is 2.34. The molecule has 0 aliphatic carbocycles. The van der Waals surface area contributed by atoms with E-state index in [1.807, 2.05) is 0 Å². The molecule has 0 bridgehead atoms. The largest absolute Gasteiger partial charge is 0.444 e. The number of halogens is 1. The van der Waals surface area contributed by atoms with E-state index >= 15 is 0 Å². The highest BCUT2D eigenvalue weighted by molar-refractivity contribution is 6.17. The minimum Gasteiger partial charge on any atom is -0.444 e. The number of hydrogen-bond donors (Lipinski definition) is 1. The Labute approximate surface area is 112 Å². The zero-order valence-corrected chi connectivity index (χ0v) is 11.6. The summed E-state index contributed by atoms with van der Waals surface area (Å²) in [5.74, 6) is 0. The van der Waals surface area contributed by atoms with E-state index in [1.165, 1.54) is 4.90 Å². The number of nitrogens with zero attached hydrogens (tertiary/aromatic N) is 1. The van der Waals surface area contributed by atoms with E-state index in [1.54, 1.807) is 20.8 Å². The fraction of sp³-hybridized carbons (Fsp3) is 0.818. The molecule has 0 spiro atoms. The van der Waals surface area contributed by atoms with Crippen LogP contribution in [0.5, 0.6) is 0 Å². The van der Waals surface area contributed by atoms with Crippen molar-refractivity contribution in [3.05, 3.63) is 0 Å². The van der Waals surface area contributed by atoms with E-state index in [0.29, 0.717) is 19.5 Å². The summed E-state index contributed by atoms with van der Waals surface area (Å²) in [7, 11) is 0. The first-order chi connectivity index (χ1) is 8.31. The average molecular weight is 279 g/mol. The van der Waals surface area contributed by atoms with Gasteiger partial charge in [-0.1, -0.05) is 11.6 Å². The Hall–Kier alpha value is -1.17. The van der Waals surface area contributed by atoms with Crippen molar-refractivity contribution in [1.82, 2.24) is 10.2 Å². The van der Waals surface area contributed by atoms with E-state index in [9.17, 15) is 9.59 Å². The summed E-state index contributed by atoms with van der Waals surface area (Å²) in [6, 6.07) is -0.276. The lowest BCUT2D eigenvalue weighted by atomic mass is 10.2. The highest BCUT2D eigenvalue weighted by Gasteiger charge is 2.29. The summed E-state index contributed by atoms with van der Waals surface area (Å²) in [5.41, 5.74) is -0.528. The van der Waals surface area contributed by atoms with Gasteiger partial charge < -0.3 is 19.7 Å². The molecule has 0 radical (unpaired) electrons. The number of ether oxygens (including phenoxy) is 2. The van der Waals surface area contributed by atoms with Crippen LogP contribution < -0.4 is 5.32 Å². The van der Waals surface area contributed by atoms with E-state index in [4.69, 9.17) is 16.3 Å². The maximum atomic E-state index is 11.5. The van der Waals surface area contributed by atoms with Crippen molar-refractivity contribution in [3.8, 4) is 0 Å². The molecule has 104 valence electrons. The number of amides is 2. The molecule has 0 aromatic rings. The average Bonchev–Trinajstić information content (AvgIpc) is 2.63. The van der Waals surface area contributed by atoms with E-state index < -0.39 is 17.8 Å². The molecule has 1 rings (SSSR count). The first-order valence-electron chi connectivity index (χ1n) is 5.79. The zero-order valence-electron chi connectivity index (χ0n) is 10.9. The lowest BCUT2D eigenvalue weighted by Crippen LogP contribution is -2.41. The first-order valence-corrected chi connectivity index (χ1v) is 6.32. The highest BCUT2D eigenvalue weighted by Crippen LogP contribution is 2.12. The predicted molar refractivity (Wildman–Crippen MR) is 66.5 cm³/mol. The van der Waals surface area contributed by atoms with Gasteiger partial charge >= 0.3 is 12.2 Å². The number of nitrogens with one attached hydrogen (secondary N) is 1. The molecule has 0 aromatic heterocycles. The van der Waals surface area contributed by atoms with Crippen molar-refractivity contribution in [2.24, 2.45) is 0 Å². The quantitative estimate of drug-likeness (QED) is 0.784. The normalized spacial score (nSPS) is 19.6. The molecule has 6 nitrogen and oxygen atoms in total.